The van der Waals surface area contributed by atoms with Crippen molar-refractivity contribution >= 4 is 28.3 Å². The monoisotopic (exact) mass is 293 g/mol. The lowest BCUT2D eigenvalue weighted by Gasteiger charge is -2.24. The van der Waals surface area contributed by atoms with Crippen molar-refractivity contribution in [1.29, 1.82) is 0 Å². The molecule has 3 nitrogen and oxygen atoms in total. The van der Waals surface area contributed by atoms with Crippen molar-refractivity contribution < 1.29 is 9.84 Å². The van der Waals surface area contributed by atoms with E-state index in [0.717, 1.165) is 29.7 Å². The molecule has 84 valence electrons. The molecule has 1 aliphatic heterocycles. The maximum atomic E-state index is 9.42. The minimum atomic E-state index is 0. The van der Waals surface area contributed by atoms with E-state index in [1.807, 2.05) is 6.07 Å². The average molecular weight is 295 g/mol. The molecule has 0 spiro atoms. The number of ether oxygens (including phenoxy) is 1. The van der Waals surface area contributed by atoms with Crippen molar-refractivity contribution in [3.63, 3.8) is 0 Å². The van der Waals surface area contributed by atoms with Gasteiger partial charge in [0, 0.05) is 17.6 Å². The van der Waals surface area contributed by atoms with Crippen LogP contribution < -0.4 is 5.32 Å². The molecule has 1 aromatic rings. The zero-order chi connectivity index (χ0) is 9.97. The van der Waals surface area contributed by atoms with E-state index in [2.05, 4.69) is 21.2 Å². The van der Waals surface area contributed by atoms with Crippen molar-refractivity contribution in [2.45, 2.75) is 6.10 Å². The van der Waals surface area contributed by atoms with Crippen molar-refractivity contribution in [2.75, 3.05) is 19.7 Å². The first-order valence-electron chi connectivity index (χ1n) is 4.57. The number of aromatic hydroxyl groups is 1. The molecule has 1 saturated heterocycles. The summed E-state index contributed by atoms with van der Waals surface area (Å²) in [6, 6.07) is 5.37. The number of morpholine rings is 1. The van der Waals surface area contributed by atoms with Crippen LogP contribution in [0.25, 0.3) is 0 Å². The Bertz CT molecular complexity index is 309. The summed E-state index contributed by atoms with van der Waals surface area (Å²) in [4.78, 5) is 0. The van der Waals surface area contributed by atoms with Crippen LogP contribution >= 0.6 is 28.3 Å². The largest absolute Gasteiger partial charge is 0.508 e. The van der Waals surface area contributed by atoms with Crippen LogP contribution in [0.5, 0.6) is 5.75 Å². The van der Waals surface area contributed by atoms with Crippen LogP contribution in [0.2, 0.25) is 0 Å². The Morgan fingerprint density at radius 3 is 2.80 bits per heavy atom. The Balaban J connectivity index is 0.00000112. The number of nitrogens with one attached hydrogen (secondary N) is 1. The Kier molecular flexibility index (Phi) is 4.86. The first-order chi connectivity index (χ1) is 6.75. The van der Waals surface area contributed by atoms with Gasteiger partial charge in [0.25, 0.3) is 0 Å². The highest BCUT2D eigenvalue weighted by atomic mass is 79.9. The fraction of sp³-hybridized carbons (Fsp3) is 0.400. The number of phenolic OH excluding ortho intramolecular Hbond substituents is 1. The molecule has 2 rings (SSSR count). The number of benzene rings is 1. The number of rotatable bonds is 1. The number of phenols is 1. The summed E-state index contributed by atoms with van der Waals surface area (Å²) in [5.74, 6) is 0.267. The lowest BCUT2D eigenvalue weighted by atomic mass is 10.1. The third-order valence-corrected chi connectivity index (χ3v) is 2.66. The van der Waals surface area contributed by atoms with Crippen LogP contribution in [0.3, 0.4) is 0 Å². The van der Waals surface area contributed by atoms with Crippen LogP contribution in [-0.2, 0) is 4.74 Å². The highest BCUT2D eigenvalue weighted by molar-refractivity contribution is 9.10. The zero-order valence-corrected chi connectivity index (χ0v) is 10.5. The van der Waals surface area contributed by atoms with E-state index in [-0.39, 0.29) is 24.3 Å². The van der Waals surface area contributed by atoms with Gasteiger partial charge in [0.2, 0.25) is 0 Å². The van der Waals surface area contributed by atoms with Crippen LogP contribution in [0.1, 0.15) is 11.7 Å². The van der Waals surface area contributed by atoms with E-state index in [0.29, 0.717) is 0 Å². The molecule has 1 aromatic carbocycles. The van der Waals surface area contributed by atoms with E-state index in [1.54, 1.807) is 12.1 Å². The molecular formula is C10H13BrClNO2. The van der Waals surface area contributed by atoms with E-state index in [9.17, 15) is 5.11 Å². The third-order valence-electron chi connectivity index (χ3n) is 2.20. The maximum Gasteiger partial charge on any atom is 0.117 e. The molecule has 1 aliphatic rings. The van der Waals surface area contributed by atoms with Gasteiger partial charge in [0.05, 0.1) is 12.7 Å². The summed E-state index contributed by atoms with van der Waals surface area (Å²) in [6.07, 6.45) is 0.0483. The van der Waals surface area contributed by atoms with Gasteiger partial charge >= 0.3 is 0 Å². The molecule has 0 amide bonds. The normalized spacial score (nSPS) is 20.7. The molecule has 1 atom stereocenters. The molecule has 0 aromatic heterocycles. The molecule has 0 radical (unpaired) electrons. The first-order valence-corrected chi connectivity index (χ1v) is 5.37. The van der Waals surface area contributed by atoms with E-state index >= 15 is 0 Å². The zero-order valence-electron chi connectivity index (χ0n) is 8.07. The van der Waals surface area contributed by atoms with Gasteiger partial charge < -0.3 is 15.2 Å². The molecule has 5 heteroatoms. The van der Waals surface area contributed by atoms with E-state index < -0.39 is 0 Å². The summed E-state index contributed by atoms with van der Waals surface area (Å²) in [7, 11) is 0. The van der Waals surface area contributed by atoms with Crippen molar-refractivity contribution in [2.24, 2.45) is 0 Å². The van der Waals surface area contributed by atoms with Gasteiger partial charge in [0.1, 0.15) is 5.75 Å². The average Bonchev–Trinajstić information content (AvgIpc) is 2.18. The summed E-state index contributed by atoms with van der Waals surface area (Å²) >= 11 is 3.34. The Hall–Kier alpha value is -0.290. The summed E-state index contributed by atoms with van der Waals surface area (Å²) < 4.78 is 6.46. The lowest BCUT2D eigenvalue weighted by molar-refractivity contribution is 0.0275. The smallest absolute Gasteiger partial charge is 0.117 e. The minimum absolute atomic E-state index is 0. The lowest BCUT2D eigenvalue weighted by Crippen LogP contribution is -2.33. The molecule has 1 unspecified atom stereocenters. The fourth-order valence-corrected chi connectivity index (χ4v) is 2.06. The SMILES string of the molecule is Cl.Oc1cc(Br)cc(C2CNCCO2)c1. The Morgan fingerprint density at radius 1 is 1.40 bits per heavy atom. The second-order valence-electron chi connectivity index (χ2n) is 3.31. The molecule has 15 heavy (non-hydrogen) atoms. The molecule has 0 bridgehead atoms. The van der Waals surface area contributed by atoms with Gasteiger partial charge in [-0.3, -0.25) is 0 Å². The summed E-state index contributed by atoms with van der Waals surface area (Å²) in [5.41, 5.74) is 1.00. The molecule has 0 aliphatic carbocycles. The Morgan fingerprint density at radius 2 is 2.20 bits per heavy atom. The maximum absolute atomic E-state index is 9.42. The molecule has 2 N–H and O–H groups in total. The topological polar surface area (TPSA) is 41.5 Å². The predicted molar refractivity (Wildman–Crippen MR) is 64.6 cm³/mol. The van der Waals surface area contributed by atoms with Gasteiger partial charge in [-0.15, -0.1) is 12.4 Å². The fourth-order valence-electron chi connectivity index (χ4n) is 1.56. The molecule has 0 saturated carbocycles. The quantitative estimate of drug-likeness (QED) is 0.835. The summed E-state index contributed by atoms with van der Waals surface area (Å²) in [5, 5.41) is 12.7. The second-order valence-corrected chi connectivity index (χ2v) is 4.22. The van der Waals surface area contributed by atoms with Crippen LogP contribution in [0, 0.1) is 0 Å². The standard InChI is InChI=1S/C10H12BrNO2.ClH/c11-8-3-7(4-9(13)5-8)10-6-12-1-2-14-10;/h3-5,10,12-13H,1-2,6H2;1H. The summed E-state index contributed by atoms with van der Waals surface area (Å²) in [6.45, 7) is 2.42. The van der Waals surface area contributed by atoms with Gasteiger partial charge in [-0.25, -0.2) is 0 Å². The number of hydrogen-bond donors (Lipinski definition) is 2. The minimum Gasteiger partial charge on any atom is -0.508 e. The van der Waals surface area contributed by atoms with Crippen molar-refractivity contribution in [3.8, 4) is 5.75 Å². The van der Waals surface area contributed by atoms with Gasteiger partial charge in [-0.2, -0.15) is 0 Å². The molecular weight excluding hydrogens is 281 g/mol. The molecule has 1 heterocycles. The van der Waals surface area contributed by atoms with Gasteiger partial charge in [-0.1, -0.05) is 15.9 Å². The van der Waals surface area contributed by atoms with Gasteiger partial charge in [-0.05, 0) is 23.8 Å². The Labute approximate surface area is 103 Å². The van der Waals surface area contributed by atoms with Crippen LogP contribution in [0.15, 0.2) is 22.7 Å². The van der Waals surface area contributed by atoms with Crippen LogP contribution in [-0.4, -0.2) is 24.8 Å². The van der Waals surface area contributed by atoms with Crippen molar-refractivity contribution in [3.05, 3.63) is 28.2 Å². The number of hydrogen-bond acceptors (Lipinski definition) is 3. The number of halogens is 2. The first kappa shape index (κ1) is 12.8. The van der Waals surface area contributed by atoms with E-state index in [4.69, 9.17) is 4.74 Å². The highest BCUT2D eigenvalue weighted by Crippen LogP contribution is 2.26. The predicted octanol–water partition coefficient (Wildman–Crippen LogP) is 2.24. The third kappa shape index (κ3) is 3.34. The van der Waals surface area contributed by atoms with Crippen molar-refractivity contribution in [1.82, 2.24) is 5.32 Å². The highest BCUT2D eigenvalue weighted by Gasteiger charge is 2.16. The van der Waals surface area contributed by atoms with E-state index in [1.165, 1.54) is 0 Å². The second kappa shape index (κ2) is 5.70. The van der Waals surface area contributed by atoms with Gasteiger partial charge in [0.15, 0.2) is 0 Å². The van der Waals surface area contributed by atoms with Crippen LogP contribution in [0.4, 0.5) is 0 Å². The molecule has 1 fully saturated rings.